The van der Waals surface area contributed by atoms with E-state index in [9.17, 15) is 0 Å². The number of nitrogens with zero attached hydrogens (tertiary/aromatic N) is 2. The molecule has 0 aliphatic heterocycles. The maximum Gasteiger partial charge on any atom is 0.160 e. The average Bonchev–Trinajstić information content (AvgIpc) is 2.21. The molecule has 12 heavy (non-hydrogen) atoms. The van der Waals surface area contributed by atoms with Crippen molar-refractivity contribution in [2.24, 2.45) is 0 Å². The first kappa shape index (κ1) is 6.98. The van der Waals surface area contributed by atoms with E-state index in [2.05, 4.69) is 22.2 Å². The van der Waals surface area contributed by atoms with Crippen LogP contribution in [-0.2, 0) is 0 Å². The van der Waals surface area contributed by atoms with Gasteiger partial charge < -0.3 is 0 Å². The first-order chi connectivity index (χ1) is 5.97. The van der Waals surface area contributed by atoms with Gasteiger partial charge in [-0.05, 0) is 12.1 Å². The second-order valence-corrected chi connectivity index (χ2v) is 2.29. The summed E-state index contributed by atoms with van der Waals surface area (Å²) in [5.74, 6) is 0.665. The van der Waals surface area contributed by atoms with Crippen LogP contribution in [0.15, 0.2) is 36.5 Å². The first-order valence-electron chi connectivity index (χ1n) is 3.63. The van der Waals surface area contributed by atoms with E-state index >= 15 is 0 Å². The van der Waals surface area contributed by atoms with Gasteiger partial charge in [0.15, 0.2) is 5.82 Å². The molecule has 0 unspecified atom stereocenters. The fourth-order valence-corrected chi connectivity index (χ4v) is 0.931. The largest absolute Gasteiger partial charge is 0.237 e. The van der Waals surface area contributed by atoms with Crippen LogP contribution >= 0.6 is 0 Å². The molecule has 2 rings (SSSR count). The maximum atomic E-state index is 4.08. The number of benzene rings is 1. The fourth-order valence-electron chi connectivity index (χ4n) is 0.931. The molecule has 0 amide bonds. The van der Waals surface area contributed by atoms with Gasteiger partial charge in [-0.2, -0.15) is 0 Å². The molecular formula is C10H6N2. The third kappa shape index (κ3) is 1.32. The summed E-state index contributed by atoms with van der Waals surface area (Å²) in [6.07, 6.45) is 4.40. The van der Waals surface area contributed by atoms with E-state index in [1.54, 1.807) is 12.3 Å². The number of hydrogen-bond donors (Lipinski definition) is 0. The van der Waals surface area contributed by atoms with Gasteiger partial charge in [-0.15, -0.1) is 0 Å². The minimum absolute atomic E-state index is 0.665. The summed E-state index contributed by atoms with van der Waals surface area (Å²) in [5, 5.41) is 0. The average molecular weight is 154 g/mol. The summed E-state index contributed by atoms with van der Waals surface area (Å²) in [6.45, 7) is 0. The van der Waals surface area contributed by atoms with Crippen molar-refractivity contribution in [3.63, 3.8) is 0 Å². The fraction of sp³-hybridized carbons (Fsp3) is 0. The highest BCUT2D eigenvalue weighted by molar-refractivity contribution is 5.52. The highest BCUT2D eigenvalue weighted by Crippen LogP contribution is 2.10. The zero-order valence-electron chi connectivity index (χ0n) is 6.36. The molecule has 1 aromatic heterocycles. The SMILES string of the molecule is [c]1ccnc(-c2[c]cccc2)n1. The van der Waals surface area contributed by atoms with Gasteiger partial charge in [-0.25, -0.2) is 9.97 Å². The second-order valence-electron chi connectivity index (χ2n) is 2.29. The molecule has 2 heteroatoms. The lowest BCUT2D eigenvalue weighted by Gasteiger charge is -1.95. The lowest BCUT2D eigenvalue weighted by molar-refractivity contribution is 1.17. The molecule has 0 saturated carbocycles. The number of rotatable bonds is 1. The molecule has 0 bridgehead atoms. The monoisotopic (exact) mass is 154 g/mol. The zero-order chi connectivity index (χ0) is 8.23. The van der Waals surface area contributed by atoms with Gasteiger partial charge in [-0.1, -0.05) is 24.3 Å². The van der Waals surface area contributed by atoms with Crippen LogP contribution in [0.1, 0.15) is 0 Å². The molecule has 0 aliphatic rings. The number of hydrogen-bond acceptors (Lipinski definition) is 2. The highest BCUT2D eigenvalue weighted by Gasteiger charge is 1.96. The van der Waals surface area contributed by atoms with Crippen molar-refractivity contribution < 1.29 is 0 Å². The molecule has 0 N–H and O–H groups in total. The highest BCUT2D eigenvalue weighted by atomic mass is 14.8. The van der Waals surface area contributed by atoms with Gasteiger partial charge in [0.25, 0.3) is 0 Å². The summed E-state index contributed by atoms with van der Waals surface area (Å²) < 4.78 is 0. The van der Waals surface area contributed by atoms with Crippen LogP contribution in [0.25, 0.3) is 11.4 Å². The van der Waals surface area contributed by atoms with Crippen molar-refractivity contribution in [1.29, 1.82) is 0 Å². The smallest absolute Gasteiger partial charge is 0.160 e. The Bertz CT molecular complexity index is 305. The Hall–Kier alpha value is -1.70. The molecule has 2 radical (unpaired) electrons. The van der Waals surface area contributed by atoms with Crippen LogP contribution in [0.3, 0.4) is 0 Å². The topological polar surface area (TPSA) is 25.8 Å². The van der Waals surface area contributed by atoms with E-state index in [1.165, 1.54) is 0 Å². The third-order valence-corrected chi connectivity index (χ3v) is 1.47. The van der Waals surface area contributed by atoms with E-state index < -0.39 is 0 Å². The molecular weight excluding hydrogens is 148 g/mol. The van der Waals surface area contributed by atoms with E-state index in [1.807, 2.05) is 24.3 Å². The minimum atomic E-state index is 0.665. The lowest BCUT2D eigenvalue weighted by atomic mass is 10.2. The van der Waals surface area contributed by atoms with Crippen LogP contribution in [-0.4, -0.2) is 9.97 Å². The molecule has 2 nitrogen and oxygen atoms in total. The standard InChI is InChI=1S/C10H6N2/c1-2-5-9(6-3-1)10-11-7-4-8-12-10/h1-5,7H. The Balaban J connectivity index is 2.46. The van der Waals surface area contributed by atoms with Gasteiger partial charge >= 0.3 is 0 Å². The summed E-state index contributed by atoms with van der Waals surface area (Å²) in [5.41, 5.74) is 0.898. The molecule has 56 valence electrons. The Morgan fingerprint density at radius 3 is 2.83 bits per heavy atom. The van der Waals surface area contributed by atoms with Crippen LogP contribution < -0.4 is 0 Å². The van der Waals surface area contributed by atoms with Crippen molar-refractivity contribution in [2.75, 3.05) is 0 Å². The molecule has 0 atom stereocenters. The molecule has 0 saturated heterocycles. The lowest BCUT2D eigenvalue weighted by Crippen LogP contribution is -1.85. The summed E-state index contributed by atoms with van der Waals surface area (Å²) in [7, 11) is 0. The Labute approximate surface area is 70.9 Å². The van der Waals surface area contributed by atoms with Crippen LogP contribution in [0.4, 0.5) is 0 Å². The van der Waals surface area contributed by atoms with Crippen molar-refractivity contribution in [2.45, 2.75) is 0 Å². The molecule has 0 aliphatic carbocycles. The molecule has 1 heterocycles. The van der Waals surface area contributed by atoms with Gasteiger partial charge in [0.2, 0.25) is 0 Å². The first-order valence-corrected chi connectivity index (χ1v) is 3.63. The predicted octanol–water partition coefficient (Wildman–Crippen LogP) is 1.74. The molecule has 2 aromatic rings. The van der Waals surface area contributed by atoms with Gasteiger partial charge in [0, 0.05) is 11.8 Å². The van der Waals surface area contributed by atoms with Gasteiger partial charge in [0.1, 0.15) is 0 Å². The minimum Gasteiger partial charge on any atom is -0.237 e. The van der Waals surface area contributed by atoms with Crippen molar-refractivity contribution >= 4 is 0 Å². The molecule has 1 aromatic carbocycles. The van der Waals surface area contributed by atoms with Crippen molar-refractivity contribution in [1.82, 2.24) is 9.97 Å². The summed E-state index contributed by atoms with van der Waals surface area (Å²) >= 11 is 0. The van der Waals surface area contributed by atoms with E-state index in [0.29, 0.717) is 5.82 Å². The summed E-state index contributed by atoms with van der Waals surface area (Å²) in [6, 6.07) is 12.3. The Morgan fingerprint density at radius 1 is 1.17 bits per heavy atom. The van der Waals surface area contributed by atoms with Crippen molar-refractivity contribution in [3.8, 4) is 11.4 Å². The van der Waals surface area contributed by atoms with Crippen LogP contribution in [0, 0.1) is 12.3 Å². The Kier molecular flexibility index (Phi) is 1.82. The normalized spacial score (nSPS) is 9.67. The number of aromatic nitrogens is 2. The maximum absolute atomic E-state index is 4.08. The summed E-state index contributed by atoms with van der Waals surface area (Å²) in [4.78, 5) is 8.06. The van der Waals surface area contributed by atoms with E-state index in [4.69, 9.17) is 0 Å². The third-order valence-electron chi connectivity index (χ3n) is 1.47. The van der Waals surface area contributed by atoms with Crippen molar-refractivity contribution in [3.05, 3.63) is 48.8 Å². The molecule has 0 spiro atoms. The van der Waals surface area contributed by atoms with Crippen LogP contribution in [0.2, 0.25) is 0 Å². The van der Waals surface area contributed by atoms with Gasteiger partial charge in [0.05, 0.1) is 6.20 Å². The predicted molar refractivity (Wildman–Crippen MR) is 45.1 cm³/mol. The quantitative estimate of drug-likeness (QED) is 0.625. The second kappa shape index (κ2) is 3.13. The van der Waals surface area contributed by atoms with E-state index in [-0.39, 0.29) is 0 Å². The van der Waals surface area contributed by atoms with E-state index in [0.717, 1.165) is 5.56 Å². The Morgan fingerprint density at radius 2 is 2.17 bits per heavy atom. The zero-order valence-corrected chi connectivity index (χ0v) is 6.36. The van der Waals surface area contributed by atoms with Gasteiger partial charge in [-0.3, -0.25) is 0 Å². The molecule has 0 fully saturated rings. The van der Waals surface area contributed by atoms with Crippen LogP contribution in [0.5, 0.6) is 0 Å².